The van der Waals surface area contributed by atoms with Crippen LogP contribution in [-0.4, -0.2) is 28.1 Å². The van der Waals surface area contributed by atoms with Crippen LogP contribution < -0.4 is 0 Å². The summed E-state index contributed by atoms with van der Waals surface area (Å²) in [5.74, 6) is -0.402. The molecular formula is C7H9N3O2. The van der Waals surface area contributed by atoms with E-state index in [2.05, 4.69) is 15.0 Å². The van der Waals surface area contributed by atoms with Crippen molar-refractivity contribution in [3.05, 3.63) is 18.0 Å². The van der Waals surface area contributed by atoms with E-state index in [1.807, 2.05) is 0 Å². The van der Waals surface area contributed by atoms with Crippen molar-refractivity contribution in [3.63, 3.8) is 0 Å². The maximum atomic E-state index is 10.6. The topological polar surface area (TPSA) is 57.0 Å². The van der Waals surface area contributed by atoms with Crippen LogP contribution >= 0.6 is 0 Å². The zero-order valence-corrected chi connectivity index (χ0v) is 6.89. The first-order valence-electron chi connectivity index (χ1n) is 3.34. The van der Waals surface area contributed by atoms with Crippen LogP contribution in [0.1, 0.15) is 5.69 Å². The van der Waals surface area contributed by atoms with Gasteiger partial charge in [0, 0.05) is 13.1 Å². The molecule has 5 nitrogen and oxygen atoms in total. The molecule has 0 radical (unpaired) electrons. The van der Waals surface area contributed by atoms with Gasteiger partial charge < -0.3 is 4.74 Å². The van der Waals surface area contributed by atoms with Crippen molar-refractivity contribution in [3.8, 4) is 0 Å². The SMILES string of the molecule is COC(=O)C=Cc1cn(C)nn1. The summed E-state index contributed by atoms with van der Waals surface area (Å²) in [5.41, 5.74) is 0.628. The minimum atomic E-state index is -0.402. The Morgan fingerprint density at radius 2 is 2.50 bits per heavy atom. The normalized spacial score (nSPS) is 10.5. The lowest BCUT2D eigenvalue weighted by Crippen LogP contribution is -1.93. The fraction of sp³-hybridized carbons (Fsp3) is 0.286. The highest BCUT2D eigenvalue weighted by Crippen LogP contribution is 1.94. The Morgan fingerprint density at radius 1 is 1.75 bits per heavy atom. The van der Waals surface area contributed by atoms with Gasteiger partial charge in [-0.25, -0.2) is 4.79 Å². The van der Waals surface area contributed by atoms with Crippen molar-refractivity contribution in [1.29, 1.82) is 0 Å². The monoisotopic (exact) mass is 167 g/mol. The van der Waals surface area contributed by atoms with E-state index >= 15 is 0 Å². The number of methoxy groups -OCH3 is 1. The number of aromatic nitrogens is 3. The van der Waals surface area contributed by atoms with Crippen LogP contribution in [0.15, 0.2) is 12.3 Å². The van der Waals surface area contributed by atoms with E-state index in [9.17, 15) is 4.79 Å². The fourth-order valence-electron chi connectivity index (χ4n) is 0.663. The van der Waals surface area contributed by atoms with Crippen LogP contribution in [0.3, 0.4) is 0 Å². The van der Waals surface area contributed by atoms with Gasteiger partial charge in [-0.05, 0) is 6.08 Å². The summed E-state index contributed by atoms with van der Waals surface area (Å²) in [6.45, 7) is 0. The van der Waals surface area contributed by atoms with Gasteiger partial charge in [0.15, 0.2) is 0 Å². The Bertz CT molecular complexity index is 303. The molecule has 0 unspecified atom stereocenters. The van der Waals surface area contributed by atoms with Gasteiger partial charge in [0.05, 0.1) is 13.3 Å². The van der Waals surface area contributed by atoms with Gasteiger partial charge in [0.2, 0.25) is 0 Å². The largest absolute Gasteiger partial charge is 0.466 e. The molecule has 0 bridgehead atoms. The highest BCUT2D eigenvalue weighted by molar-refractivity contribution is 5.86. The Hall–Kier alpha value is -1.65. The molecule has 0 aromatic carbocycles. The van der Waals surface area contributed by atoms with E-state index in [0.29, 0.717) is 5.69 Å². The van der Waals surface area contributed by atoms with Crippen LogP contribution in [0, 0.1) is 0 Å². The van der Waals surface area contributed by atoms with Crippen LogP contribution in [0.2, 0.25) is 0 Å². The average molecular weight is 167 g/mol. The molecule has 5 heteroatoms. The van der Waals surface area contributed by atoms with Crippen molar-refractivity contribution < 1.29 is 9.53 Å². The number of carbonyl (C=O) groups excluding carboxylic acids is 1. The molecule has 1 aromatic heterocycles. The van der Waals surface area contributed by atoms with Crippen molar-refractivity contribution in [2.24, 2.45) is 7.05 Å². The van der Waals surface area contributed by atoms with Crippen molar-refractivity contribution in [1.82, 2.24) is 15.0 Å². The van der Waals surface area contributed by atoms with Gasteiger partial charge in [-0.1, -0.05) is 5.21 Å². The smallest absolute Gasteiger partial charge is 0.330 e. The summed E-state index contributed by atoms with van der Waals surface area (Å²) in [6, 6.07) is 0. The fourth-order valence-corrected chi connectivity index (χ4v) is 0.663. The molecule has 0 atom stereocenters. The Kier molecular flexibility index (Phi) is 2.57. The molecule has 64 valence electrons. The third-order valence-corrected chi connectivity index (χ3v) is 1.21. The summed E-state index contributed by atoms with van der Waals surface area (Å²) >= 11 is 0. The average Bonchev–Trinajstić information content (AvgIpc) is 2.47. The van der Waals surface area contributed by atoms with Crippen molar-refractivity contribution in [2.45, 2.75) is 0 Å². The van der Waals surface area contributed by atoms with E-state index in [4.69, 9.17) is 0 Å². The lowest BCUT2D eigenvalue weighted by atomic mass is 10.4. The Balaban J connectivity index is 2.63. The molecule has 0 N–H and O–H groups in total. The van der Waals surface area contributed by atoms with Crippen molar-refractivity contribution >= 4 is 12.0 Å². The van der Waals surface area contributed by atoms with Crippen LogP contribution in [0.4, 0.5) is 0 Å². The first kappa shape index (κ1) is 8.45. The third-order valence-electron chi connectivity index (χ3n) is 1.21. The van der Waals surface area contributed by atoms with E-state index in [0.717, 1.165) is 0 Å². The number of aryl methyl sites for hydroxylation is 1. The summed E-state index contributed by atoms with van der Waals surface area (Å²) in [6.07, 6.45) is 4.53. The molecule has 0 saturated carbocycles. The number of hydrogen-bond donors (Lipinski definition) is 0. The maximum Gasteiger partial charge on any atom is 0.330 e. The van der Waals surface area contributed by atoms with E-state index in [1.54, 1.807) is 24.0 Å². The summed E-state index contributed by atoms with van der Waals surface area (Å²) in [4.78, 5) is 10.6. The molecule has 0 aliphatic carbocycles. The van der Waals surface area contributed by atoms with Gasteiger partial charge in [-0.2, -0.15) is 0 Å². The molecule has 0 saturated heterocycles. The molecule has 12 heavy (non-hydrogen) atoms. The van der Waals surface area contributed by atoms with E-state index in [-0.39, 0.29) is 0 Å². The molecule has 0 fully saturated rings. The molecule has 0 spiro atoms. The van der Waals surface area contributed by atoms with Gasteiger partial charge >= 0.3 is 5.97 Å². The molecule has 1 aromatic rings. The minimum Gasteiger partial charge on any atom is -0.466 e. The quantitative estimate of drug-likeness (QED) is 0.459. The Labute approximate surface area is 69.6 Å². The number of ether oxygens (including phenoxy) is 1. The molecule has 1 heterocycles. The lowest BCUT2D eigenvalue weighted by Gasteiger charge is -1.86. The Morgan fingerprint density at radius 3 is 3.00 bits per heavy atom. The van der Waals surface area contributed by atoms with Crippen LogP contribution in [0.5, 0.6) is 0 Å². The lowest BCUT2D eigenvalue weighted by molar-refractivity contribution is -0.134. The number of nitrogens with zero attached hydrogens (tertiary/aromatic N) is 3. The predicted octanol–water partition coefficient (Wildman–Crippen LogP) is 0.00130. The van der Waals surface area contributed by atoms with Crippen molar-refractivity contribution in [2.75, 3.05) is 7.11 Å². The molecule has 1 rings (SSSR count). The number of esters is 1. The summed E-state index contributed by atoms with van der Waals surface area (Å²) < 4.78 is 5.95. The minimum absolute atomic E-state index is 0.402. The standard InChI is InChI=1S/C7H9N3O2/c1-10-5-6(8-9-10)3-4-7(11)12-2/h3-5H,1-2H3. The van der Waals surface area contributed by atoms with Crippen LogP contribution in [-0.2, 0) is 16.6 Å². The molecule has 0 aliphatic rings. The maximum absolute atomic E-state index is 10.6. The highest BCUT2D eigenvalue weighted by Gasteiger charge is 1.94. The second kappa shape index (κ2) is 3.66. The van der Waals surface area contributed by atoms with Gasteiger partial charge in [-0.3, -0.25) is 4.68 Å². The summed E-state index contributed by atoms with van der Waals surface area (Å²) in [5, 5.41) is 7.42. The second-order valence-electron chi connectivity index (χ2n) is 2.17. The zero-order valence-electron chi connectivity index (χ0n) is 6.89. The first-order valence-corrected chi connectivity index (χ1v) is 3.34. The zero-order chi connectivity index (χ0) is 8.97. The van der Waals surface area contributed by atoms with Gasteiger partial charge in [0.1, 0.15) is 5.69 Å². The second-order valence-corrected chi connectivity index (χ2v) is 2.17. The third kappa shape index (κ3) is 2.19. The molecule has 0 amide bonds. The van der Waals surface area contributed by atoms with Gasteiger partial charge in [0.25, 0.3) is 0 Å². The predicted molar refractivity (Wildman–Crippen MR) is 42.1 cm³/mol. The molecule has 0 aliphatic heterocycles. The van der Waals surface area contributed by atoms with Gasteiger partial charge in [-0.15, -0.1) is 5.10 Å². The van der Waals surface area contributed by atoms with E-state index in [1.165, 1.54) is 13.2 Å². The van der Waals surface area contributed by atoms with E-state index < -0.39 is 5.97 Å². The number of hydrogen-bond acceptors (Lipinski definition) is 4. The van der Waals surface area contributed by atoms with Crippen LogP contribution in [0.25, 0.3) is 6.08 Å². The molecular weight excluding hydrogens is 158 g/mol. The number of carbonyl (C=O) groups is 1. The number of rotatable bonds is 2. The first-order chi connectivity index (χ1) is 5.72. The highest BCUT2D eigenvalue weighted by atomic mass is 16.5. The summed E-state index contributed by atoms with van der Waals surface area (Å²) in [7, 11) is 3.08.